The number of fused-ring (bicyclic) bond motifs is 1. The lowest BCUT2D eigenvalue weighted by Gasteiger charge is -2.15. The maximum absolute atomic E-state index is 6.24. The van der Waals surface area contributed by atoms with Crippen molar-refractivity contribution >= 4 is 45.3 Å². The summed E-state index contributed by atoms with van der Waals surface area (Å²) in [4.78, 5) is 4.23. The molecule has 0 radical (unpaired) electrons. The highest BCUT2D eigenvalue weighted by Crippen LogP contribution is 2.33. The lowest BCUT2D eigenvalue weighted by molar-refractivity contribution is 0.308. The number of benzene rings is 3. The Morgan fingerprint density at radius 1 is 0.815 bits per heavy atom. The first-order chi connectivity index (χ1) is 13.2. The van der Waals surface area contributed by atoms with E-state index in [-0.39, 0.29) is 6.61 Å². The number of pyridine rings is 1. The molecule has 0 amide bonds. The van der Waals surface area contributed by atoms with Crippen molar-refractivity contribution in [3.05, 3.63) is 94.7 Å². The van der Waals surface area contributed by atoms with Gasteiger partial charge in [0.25, 0.3) is 0 Å². The largest absolute Gasteiger partial charge is 0.487 e. The van der Waals surface area contributed by atoms with E-state index in [1.807, 2.05) is 54.7 Å². The molecule has 0 aliphatic rings. The summed E-state index contributed by atoms with van der Waals surface area (Å²) in [7, 11) is 0. The van der Waals surface area contributed by atoms with E-state index < -0.39 is 0 Å². The molecule has 0 saturated heterocycles. The number of hydrogen-bond acceptors (Lipinski definition) is 3. The number of ether oxygens (including phenoxy) is 1. The Morgan fingerprint density at radius 2 is 1.56 bits per heavy atom. The van der Waals surface area contributed by atoms with Crippen LogP contribution in [0.2, 0.25) is 10.0 Å². The molecule has 3 aromatic carbocycles. The number of nitrogens with zero attached hydrogens (tertiary/aromatic N) is 1. The fourth-order valence-electron chi connectivity index (χ4n) is 2.88. The third-order valence-corrected chi connectivity index (χ3v) is 4.98. The topological polar surface area (TPSA) is 34.1 Å². The normalized spacial score (nSPS) is 10.7. The Balaban J connectivity index is 1.62. The first-order valence-electron chi connectivity index (χ1n) is 8.47. The van der Waals surface area contributed by atoms with Gasteiger partial charge in [-0.15, -0.1) is 0 Å². The second-order valence-electron chi connectivity index (χ2n) is 6.01. The van der Waals surface area contributed by atoms with E-state index in [0.717, 1.165) is 33.5 Å². The number of nitrogens with one attached hydrogen (secondary N) is 1. The Bertz CT molecular complexity index is 1070. The Hall–Kier alpha value is -2.75. The summed E-state index contributed by atoms with van der Waals surface area (Å²) in [6.45, 7) is 0.286. The van der Waals surface area contributed by atoms with Crippen molar-refractivity contribution in [1.82, 2.24) is 4.98 Å². The van der Waals surface area contributed by atoms with Crippen molar-refractivity contribution in [2.75, 3.05) is 5.32 Å². The van der Waals surface area contributed by atoms with E-state index in [1.165, 1.54) is 0 Å². The summed E-state index contributed by atoms with van der Waals surface area (Å²) in [5.74, 6) is 0.717. The molecule has 0 atom stereocenters. The standard InChI is InChI=1S/C22H16Cl2N2O/c23-18-6-4-7-19(24)17(18)14-27-22-10-2-1-8-21(22)26-20-9-3-5-15-11-12-25-13-16(15)20/h1-13,26H,14H2. The van der Waals surface area contributed by atoms with E-state index in [0.29, 0.717) is 10.0 Å². The van der Waals surface area contributed by atoms with Gasteiger partial charge in [-0.2, -0.15) is 0 Å². The van der Waals surface area contributed by atoms with Crippen molar-refractivity contribution in [2.24, 2.45) is 0 Å². The van der Waals surface area contributed by atoms with Crippen LogP contribution in [0.1, 0.15) is 5.56 Å². The van der Waals surface area contributed by atoms with Gasteiger partial charge in [0.2, 0.25) is 0 Å². The van der Waals surface area contributed by atoms with Crippen LogP contribution in [-0.2, 0) is 6.61 Å². The molecule has 0 unspecified atom stereocenters. The number of rotatable bonds is 5. The Kier molecular flexibility index (Phi) is 5.14. The number of aromatic nitrogens is 1. The van der Waals surface area contributed by atoms with Crippen LogP contribution in [-0.4, -0.2) is 4.98 Å². The SMILES string of the molecule is Clc1cccc(Cl)c1COc1ccccc1Nc1cccc2ccncc12. The van der Waals surface area contributed by atoms with Crippen molar-refractivity contribution in [3.8, 4) is 5.75 Å². The van der Waals surface area contributed by atoms with Crippen molar-refractivity contribution in [2.45, 2.75) is 6.61 Å². The summed E-state index contributed by atoms with van der Waals surface area (Å²) in [6, 6.07) is 21.3. The summed E-state index contributed by atoms with van der Waals surface area (Å²) in [5, 5.41) is 6.80. The average Bonchev–Trinajstić information content (AvgIpc) is 2.69. The lowest BCUT2D eigenvalue weighted by atomic mass is 10.1. The molecule has 0 fully saturated rings. The maximum Gasteiger partial charge on any atom is 0.143 e. The molecule has 0 aliphatic heterocycles. The minimum absolute atomic E-state index is 0.286. The molecule has 3 nitrogen and oxygen atoms in total. The summed E-state index contributed by atoms with van der Waals surface area (Å²) in [6.07, 6.45) is 3.64. The van der Waals surface area contributed by atoms with Gasteiger partial charge in [-0.25, -0.2) is 0 Å². The van der Waals surface area contributed by atoms with Crippen molar-refractivity contribution < 1.29 is 4.74 Å². The van der Waals surface area contributed by atoms with E-state index in [2.05, 4.69) is 16.4 Å². The second kappa shape index (κ2) is 7.87. The summed E-state index contributed by atoms with van der Waals surface area (Å²) in [5.41, 5.74) is 2.59. The third-order valence-electron chi connectivity index (χ3n) is 4.27. The molecule has 134 valence electrons. The maximum atomic E-state index is 6.24. The molecule has 1 heterocycles. The van der Waals surface area contributed by atoms with Gasteiger partial charge in [-0.1, -0.05) is 53.5 Å². The van der Waals surface area contributed by atoms with Gasteiger partial charge in [0.15, 0.2) is 0 Å². The van der Waals surface area contributed by atoms with Gasteiger partial charge in [-0.05, 0) is 41.8 Å². The average molecular weight is 395 g/mol. The van der Waals surface area contributed by atoms with Gasteiger partial charge in [0, 0.05) is 39.1 Å². The van der Waals surface area contributed by atoms with Crippen LogP contribution in [0.15, 0.2) is 79.1 Å². The van der Waals surface area contributed by atoms with Gasteiger partial charge in [-0.3, -0.25) is 4.98 Å². The Labute approximate surface area is 167 Å². The quantitative estimate of drug-likeness (QED) is 0.401. The smallest absolute Gasteiger partial charge is 0.143 e. The monoisotopic (exact) mass is 394 g/mol. The van der Waals surface area contributed by atoms with Crippen molar-refractivity contribution in [3.63, 3.8) is 0 Å². The molecule has 5 heteroatoms. The van der Waals surface area contributed by atoms with Crippen LogP contribution >= 0.6 is 23.2 Å². The predicted octanol–water partition coefficient (Wildman–Crippen LogP) is 6.86. The number of anilines is 2. The molecular formula is C22H16Cl2N2O. The zero-order valence-corrected chi connectivity index (χ0v) is 15.8. The first-order valence-corrected chi connectivity index (χ1v) is 9.22. The summed E-state index contributed by atoms with van der Waals surface area (Å²) < 4.78 is 6.02. The number of hydrogen-bond donors (Lipinski definition) is 1. The van der Waals surface area contributed by atoms with Crippen LogP contribution in [0.25, 0.3) is 10.8 Å². The van der Waals surface area contributed by atoms with Gasteiger partial charge in [0.05, 0.1) is 5.69 Å². The van der Waals surface area contributed by atoms with Crippen LogP contribution in [0.3, 0.4) is 0 Å². The number of para-hydroxylation sites is 2. The highest BCUT2D eigenvalue weighted by atomic mass is 35.5. The van der Waals surface area contributed by atoms with E-state index >= 15 is 0 Å². The molecule has 27 heavy (non-hydrogen) atoms. The van der Waals surface area contributed by atoms with Gasteiger partial charge in [0.1, 0.15) is 12.4 Å². The van der Waals surface area contributed by atoms with E-state index in [1.54, 1.807) is 18.3 Å². The molecule has 4 aromatic rings. The lowest BCUT2D eigenvalue weighted by Crippen LogP contribution is -2.01. The van der Waals surface area contributed by atoms with Crippen LogP contribution in [0.4, 0.5) is 11.4 Å². The fraction of sp³-hybridized carbons (Fsp3) is 0.0455. The molecule has 4 rings (SSSR count). The zero-order valence-electron chi connectivity index (χ0n) is 14.3. The van der Waals surface area contributed by atoms with Crippen LogP contribution in [0, 0.1) is 0 Å². The molecular weight excluding hydrogens is 379 g/mol. The fourth-order valence-corrected chi connectivity index (χ4v) is 3.39. The Morgan fingerprint density at radius 3 is 2.41 bits per heavy atom. The van der Waals surface area contributed by atoms with Gasteiger partial charge < -0.3 is 10.1 Å². The second-order valence-corrected chi connectivity index (χ2v) is 6.83. The van der Waals surface area contributed by atoms with E-state index in [9.17, 15) is 0 Å². The van der Waals surface area contributed by atoms with E-state index in [4.69, 9.17) is 27.9 Å². The number of halogens is 2. The van der Waals surface area contributed by atoms with Crippen LogP contribution in [0.5, 0.6) is 5.75 Å². The molecule has 1 aromatic heterocycles. The first kappa shape index (κ1) is 17.7. The van der Waals surface area contributed by atoms with Crippen molar-refractivity contribution in [1.29, 1.82) is 0 Å². The minimum Gasteiger partial charge on any atom is -0.487 e. The predicted molar refractivity (Wildman–Crippen MR) is 112 cm³/mol. The van der Waals surface area contributed by atoms with Gasteiger partial charge >= 0.3 is 0 Å². The highest BCUT2D eigenvalue weighted by Gasteiger charge is 2.10. The molecule has 1 N–H and O–H groups in total. The van der Waals surface area contributed by atoms with Crippen LogP contribution < -0.4 is 10.1 Å². The molecule has 0 bridgehead atoms. The molecule has 0 spiro atoms. The minimum atomic E-state index is 0.286. The molecule has 0 aliphatic carbocycles. The molecule has 0 saturated carbocycles. The zero-order chi connectivity index (χ0) is 18.6. The highest BCUT2D eigenvalue weighted by molar-refractivity contribution is 6.35. The summed E-state index contributed by atoms with van der Waals surface area (Å²) >= 11 is 12.5. The third kappa shape index (κ3) is 3.85.